The molecule has 3 rings (SSSR count). The van der Waals surface area contributed by atoms with Crippen LogP contribution in [-0.4, -0.2) is 39.6 Å². The fourth-order valence-corrected chi connectivity index (χ4v) is 3.99. The highest BCUT2D eigenvalue weighted by Crippen LogP contribution is 2.24. The Morgan fingerprint density at radius 1 is 1.24 bits per heavy atom. The Hall–Kier alpha value is -1.11. The fourth-order valence-electron chi connectivity index (χ4n) is 2.69. The largest absolute Gasteiger partial charge is 0.368 e. The maximum absolute atomic E-state index is 12.1. The summed E-state index contributed by atoms with van der Waals surface area (Å²) >= 11 is 0. The average Bonchev–Trinajstić information content (AvgIpc) is 3.21. The van der Waals surface area contributed by atoms with Crippen molar-refractivity contribution >= 4 is 15.7 Å². The summed E-state index contributed by atoms with van der Waals surface area (Å²) in [5.74, 6) is 0. The molecular formula is C15H23N3O2S. The number of nitrogens with zero attached hydrogens (tertiary/aromatic N) is 1. The van der Waals surface area contributed by atoms with Gasteiger partial charge in [-0.15, -0.1) is 0 Å². The monoisotopic (exact) mass is 309 g/mol. The molecule has 0 radical (unpaired) electrons. The van der Waals surface area contributed by atoms with Gasteiger partial charge in [-0.05, 0) is 51.0 Å². The Balaban J connectivity index is 1.74. The van der Waals surface area contributed by atoms with Crippen LogP contribution in [0.15, 0.2) is 29.2 Å². The third kappa shape index (κ3) is 3.56. The molecule has 21 heavy (non-hydrogen) atoms. The Labute approximate surface area is 126 Å². The number of benzene rings is 1. The van der Waals surface area contributed by atoms with Crippen LogP contribution < -0.4 is 14.9 Å². The molecule has 1 aromatic rings. The fraction of sp³-hybridized carbons (Fsp3) is 0.600. The van der Waals surface area contributed by atoms with Crippen molar-refractivity contribution < 1.29 is 8.42 Å². The van der Waals surface area contributed by atoms with E-state index >= 15 is 0 Å². The lowest BCUT2D eigenvalue weighted by Gasteiger charge is -2.40. The lowest BCUT2D eigenvalue weighted by atomic mass is 10.0. The Kier molecular flexibility index (Phi) is 3.71. The van der Waals surface area contributed by atoms with E-state index in [4.69, 9.17) is 0 Å². The molecule has 0 bridgehead atoms. The van der Waals surface area contributed by atoms with Gasteiger partial charge >= 0.3 is 0 Å². The zero-order valence-electron chi connectivity index (χ0n) is 12.6. The first-order valence-corrected chi connectivity index (χ1v) is 8.96. The lowest BCUT2D eigenvalue weighted by molar-refractivity contribution is 0.353. The van der Waals surface area contributed by atoms with Crippen molar-refractivity contribution in [2.45, 2.75) is 43.2 Å². The van der Waals surface area contributed by atoms with Crippen molar-refractivity contribution in [2.24, 2.45) is 0 Å². The van der Waals surface area contributed by atoms with Gasteiger partial charge in [0, 0.05) is 36.9 Å². The predicted molar refractivity (Wildman–Crippen MR) is 84.1 cm³/mol. The first-order chi connectivity index (χ1) is 9.86. The van der Waals surface area contributed by atoms with E-state index in [1.165, 1.54) is 0 Å². The van der Waals surface area contributed by atoms with E-state index in [1.807, 2.05) is 12.1 Å². The maximum atomic E-state index is 12.1. The minimum absolute atomic E-state index is 0.0799. The zero-order valence-corrected chi connectivity index (χ0v) is 13.4. The van der Waals surface area contributed by atoms with Crippen molar-refractivity contribution in [3.63, 3.8) is 0 Å². The topological polar surface area (TPSA) is 61.4 Å². The molecule has 1 heterocycles. The van der Waals surface area contributed by atoms with Crippen LogP contribution in [0.5, 0.6) is 0 Å². The number of sulfonamides is 1. The summed E-state index contributed by atoms with van der Waals surface area (Å²) in [7, 11) is -3.35. The van der Waals surface area contributed by atoms with Crippen molar-refractivity contribution in [3.8, 4) is 0 Å². The van der Waals surface area contributed by atoms with E-state index in [0.29, 0.717) is 4.90 Å². The van der Waals surface area contributed by atoms with Crippen LogP contribution in [0.1, 0.15) is 26.7 Å². The van der Waals surface area contributed by atoms with Gasteiger partial charge in [-0.3, -0.25) is 0 Å². The second-order valence-corrected chi connectivity index (χ2v) is 8.34. The normalized spacial score (nSPS) is 22.3. The molecule has 2 fully saturated rings. The van der Waals surface area contributed by atoms with Gasteiger partial charge < -0.3 is 10.2 Å². The second kappa shape index (κ2) is 5.26. The summed E-state index contributed by atoms with van der Waals surface area (Å²) in [4.78, 5) is 2.65. The van der Waals surface area contributed by atoms with Gasteiger partial charge in [-0.1, -0.05) is 0 Å². The average molecular weight is 309 g/mol. The molecule has 0 spiro atoms. The summed E-state index contributed by atoms with van der Waals surface area (Å²) in [5.41, 5.74) is 1.16. The highest BCUT2D eigenvalue weighted by atomic mass is 32.2. The van der Waals surface area contributed by atoms with Crippen LogP contribution in [0, 0.1) is 0 Å². The molecule has 2 N–H and O–H groups in total. The molecule has 0 aromatic heterocycles. The van der Waals surface area contributed by atoms with E-state index in [2.05, 4.69) is 28.8 Å². The van der Waals surface area contributed by atoms with Crippen molar-refractivity contribution in [2.75, 3.05) is 24.5 Å². The SMILES string of the molecule is CC1(C)CN(c2ccc(S(=O)(=O)NC3CC3)cc2)CCN1. The minimum Gasteiger partial charge on any atom is -0.368 e. The molecule has 1 aliphatic heterocycles. The third-order valence-corrected chi connectivity index (χ3v) is 5.52. The molecule has 0 amide bonds. The van der Waals surface area contributed by atoms with Crippen LogP contribution >= 0.6 is 0 Å². The van der Waals surface area contributed by atoms with Crippen LogP contribution in [-0.2, 0) is 10.0 Å². The first-order valence-electron chi connectivity index (χ1n) is 7.48. The molecule has 0 unspecified atom stereocenters. The highest BCUT2D eigenvalue weighted by molar-refractivity contribution is 7.89. The standard InChI is InChI=1S/C15H23N3O2S/c1-15(2)11-18(10-9-16-15)13-5-7-14(8-6-13)21(19,20)17-12-3-4-12/h5-8,12,16-17H,3-4,9-11H2,1-2H3. The minimum atomic E-state index is -3.35. The highest BCUT2D eigenvalue weighted by Gasteiger charge is 2.29. The molecule has 2 aliphatic rings. The maximum Gasteiger partial charge on any atom is 0.240 e. The van der Waals surface area contributed by atoms with Crippen molar-refractivity contribution in [3.05, 3.63) is 24.3 Å². The summed E-state index contributed by atoms with van der Waals surface area (Å²) < 4.78 is 27.0. The van der Waals surface area contributed by atoms with E-state index in [9.17, 15) is 8.42 Å². The van der Waals surface area contributed by atoms with Crippen LogP contribution in [0.2, 0.25) is 0 Å². The van der Waals surface area contributed by atoms with Gasteiger partial charge in [0.15, 0.2) is 0 Å². The van der Waals surface area contributed by atoms with Gasteiger partial charge in [0.1, 0.15) is 0 Å². The van der Waals surface area contributed by atoms with Crippen molar-refractivity contribution in [1.82, 2.24) is 10.0 Å². The first kappa shape index (κ1) is 14.8. The molecule has 6 heteroatoms. The quantitative estimate of drug-likeness (QED) is 0.880. The number of hydrogen-bond acceptors (Lipinski definition) is 4. The van der Waals surface area contributed by atoms with Crippen molar-refractivity contribution in [1.29, 1.82) is 0 Å². The molecular weight excluding hydrogens is 286 g/mol. The van der Waals surface area contributed by atoms with Gasteiger partial charge in [-0.2, -0.15) is 0 Å². The predicted octanol–water partition coefficient (Wildman–Crippen LogP) is 1.32. The summed E-state index contributed by atoms with van der Waals surface area (Å²) in [6.07, 6.45) is 1.90. The molecule has 5 nitrogen and oxygen atoms in total. The number of nitrogens with one attached hydrogen (secondary N) is 2. The second-order valence-electron chi connectivity index (χ2n) is 6.62. The molecule has 1 aliphatic carbocycles. The Bertz CT molecular complexity index is 606. The van der Waals surface area contributed by atoms with E-state index in [-0.39, 0.29) is 11.6 Å². The van der Waals surface area contributed by atoms with Crippen LogP contribution in [0.25, 0.3) is 0 Å². The van der Waals surface area contributed by atoms with E-state index < -0.39 is 10.0 Å². The molecule has 1 saturated heterocycles. The number of rotatable bonds is 4. The third-order valence-electron chi connectivity index (χ3n) is 3.98. The summed E-state index contributed by atoms with van der Waals surface area (Å²) in [6, 6.07) is 7.36. The molecule has 1 saturated carbocycles. The van der Waals surface area contributed by atoms with E-state index in [0.717, 1.165) is 38.2 Å². The summed E-state index contributed by atoms with van der Waals surface area (Å²) in [6.45, 7) is 7.15. The smallest absolute Gasteiger partial charge is 0.240 e. The van der Waals surface area contributed by atoms with E-state index in [1.54, 1.807) is 12.1 Å². The number of piperazine rings is 1. The number of anilines is 1. The van der Waals surface area contributed by atoms with Crippen LogP contribution in [0.3, 0.4) is 0 Å². The van der Waals surface area contributed by atoms with Gasteiger partial charge in [0.2, 0.25) is 10.0 Å². The Morgan fingerprint density at radius 2 is 1.90 bits per heavy atom. The molecule has 116 valence electrons. The van der Waals surface area contributed by atoms with Gasteiger partial charge in [0.25, 0.3) is 0 Å². The van der Waals surface area contributed by atoms with Gasteiger partial charge in [-0.25, -0.2) is 13.1 Å². The summed E-state index contributed by atoms with van der Waals surface area (Å²) in [5, 5.41) is 3.47. The lowest BCUT2D eigenvalue weighted by Crippen LogP contribution is -2.57. The Morgan fingerprint density at radius 3 is 2.48 bits per heavy atom. The number of hydrogen-bond donors (Lipinski definition) is 2. The van der Waals surface area contributed by atoms with Gasteiger partial charge in [0.05, 0.1) is 4.90 Å². The van der Waals surface area contributed by atoms with Crippen LogP contribution in [0.4, 0.5) is 5.69 Å². The molecule has 0 atom stereocenters. The molecule has 1 aromatic carbocycles. The zero-order chi connectivity index (χ0) is 15.1.